The first-order valence-electron chi connectivity index (χ1n) is 11.6. The van der Waals surface area contributed by atoms with Gasteiger partial charge in [-0.15, -0.1) is 0 Å². The summed E-state index contributed by atoms with van der Waals surface area (Å²) in [5.74, 6) is 2.48. The van der Waals surface area contributed by atoms with Gasteiger partial charge in [0, 0.05) is 30.6 Å². The number of benzene rings is 1. The molecule has 1 unspecified atom stereocenters. The summed E-state index contributed by atoms with van der Waals surface area (Å²) in [4.78, 5) is 9.40. The first-order chi connectivity index (χ1) is 16.2. The Labute approximate surface area is 192 Å². The molecule has 4 aromatic rings. The van der Waals surface area contributed by atoms with E-state index in [1.54, 1.807) is 6.33 Å². The number of ether oxygens (including phenoxy) is 2. The molecule has 0 spiro atoms. The van der Waals surface area contributed by atoms with Crippen molar-refractivity contribution in [2.75, 3.05) is 13.2 Å². The number of rotatable bonds is 4. The van der Waals surface area contributed by atoms with Crippen molar-refractivity contribution in [2.45, 2.75) is 51.9 Å². The van der Waals surface area contributed by atoms with Crippen LogP contribution in [0.5, 0.6) is 5.75 Å². The summed E-state index contributed by atoms with van der Waals surface area (Å²) < 4.78 is 18.2. The minimum atomic E-state index is -0.0109. The van der Waals surface area contributed by atoms with Crippen molar-refractivity contribution in [2.24, 2.45) is 0 Å². The van der Waals surface area contributed by atoms with Crippen molar-refractivity contribution >= 4 is 0 Å². The van der Waals surface area contributed by atoms with Gasteiger partial charge in [-0.05, 0) is 51.3 Å². The normalized spacial score (nSPS) is 18.0. The van der Waals surface area contributed by atoms with Crippen LogP contribution in [-0.4, -0.2) is 47.3 Å². The quantitative estimate of drug-likeness (QED) is 0.464. The maximum atomic E-state index is 6.15. The second-order valence-corrected chi connectivity index (χ2v) is 8.81. The molecule has 2 aliphatic rings. The van der Waals surface area contributed by atoms with E-state index in [0.717, 1.165) is 72.3 Å². The Bertz CT molecular complexity index is 1280. The number of aromatic nitrogens is 7. The van der Waals surface area contributed by atoms with Crippen molar-refractivity contribution in [3.05, 3.63) is 43.0 Å². The number of imidazole rings is 1. The molecular weight excluding hydrogens is 418 g/mol. The molecule has 0 N–H and O–H groups in total. The van der Waals surface area contributed by atoms with Gasteiger partial charge in [0.15, 0.2) is 12.1 Å². The van der Waals surface area contributed by atoms with E-state index in [2.05, 4.69) is 51.8 Å². The van der Waals surface area contributed by atoms with Gasteiger partial charge in [-0.3, -0.25) is 0 Å². The van der Waals surface area contributed by atoms with Crippen LogP contribution in [0.3, 0.4) is 0 Å². The maximum absolute atomic E-state index is 6.15. The molecule has 0 amide bonds. The summed E-state index contributed by atoms with van der Waals surface area (Å²) in [6, 6.07) is 8.53. The topological polar surface area (TPSA) is 84.8 Å². The van der Waals surface area contributed by atoms with E-state index in [0.29, 0.717) is 6.61 Å². The van der Waals surface area contributed by atoms with Gasteiger partial charge in [0.2, 0.25) is 0 Å². The molecule has 0 bridgehead atoms. The van der Waals surface area contributed by atoms with E-state index in [4.69, 9.17) is 14.5 Å². The summed E-state index contributed by atoms with van der Waals surface area (Å²) in [5, 5.41) is 8.92. The molecule has 1 saturated heterocycles. The SMILES string of the molecule is CC(C)n1ncnc1-c1cn2c(n1)-c1ccc(-c3ccnn3C3CCCCO3)cc1OCC2. The van der Waals surface area contributed by atoms with Crippen LogP contribution < -0.4 is 4.74 Å². The standard InChI is InChI=1S/C24H27N7O2/c1-16(2)30-24(25-15-27-30)19-14-29-10-12-32-21-13-17(6-7-18(21)23(29)28-19)20-8-9-26-31(20)22-5-3-4-11-33-22/h6-9,13-16,22H,3-5,10-12H2,1-2H3. The van der Waals surface area contributed by atoms with Crippen LogP contribution in [-0.2, 0) is 11.3 Å². The highest BCUT2D eigenvalue weighted by Gasteiger charge is 2.24. The van der Waals surface area contributed by atoms with Crippen LogP contribution in [0.1, 0.15) is 45.4 Å². The highest BCUT2D eigenvalue weighted by atomic mass is 16.5. The summed E-state index contributed by atoms with van der Waals surface area (Å²) >= 11 is 0. The van der Waals surface area contributed by atoms with E-state index in [1.165, 1.54) is 0 Å². The lowest BCUT2D eigenvalue weighted by molar-refractivity contribution is -0.0383. The van der Waals surface area contributed by atoms with Gasteiger partial charge in [-0.25, -0.2) is 19.3 Å². The molecule has 1 atom stereocenters. The van der Waals surface area contributed by atoms with Gasteiger partial charge in [0.1, 0.15) is 30.2 Å². The third-order valence-electron chi connectivity index (χ3n) is 6.27. The monoisotopic (exact) mass is 445 g/mol. The minimum absolute atomic E-state index is 0.0109. The van der Waals surface area contributed by atoms with Gasteiger partial charge in [-0.2, -0.15) is 10.2 Å². The zero-order chi connectivity index (χ0) is 22.4. The second-order valence-electron chi connectivity index (χ2n) is 8.81. The zero-order valence-corrected chi connectivity index (χ0v) is 18.9. The summed E-state index contributed by atoms with van der Waals surface area (Å²) in [6.07, 6.45) is 8.71. The van der Waals surface area contributed by atoms with Crippen LogP contribution in [0, 0.1) is 0 Å². The van der Waals surface area contributed by atoms with E-state index < -0.39 is 0 Å². The van der Waals surface area contributed by atoms with E-state index >= 15 is 0 Å². The van der Waals surface area contributed by atoms with E-state index in [-0.39, 0.29) is 12.3 Å². The fraction of sp³-hybridized carbons (Fsp3) is 0.417. The highest BCUT2D eigenvalue weighted by molar-refractivity contribution is 5.74. The third kappa shape index (κ3) is 3.52. The van der Waals surface area contributed by atoms with Gasteiger partial charge in [0.05, 0.1) is 17.8 Å². The molecule has 0 radical (unpaired) electrons. The number of hydrogen-bond donors (Lipinski definition) is 0. The van der Waals surface area contributed by atoms with Crippen LogP contribution >= 0.6 is 0 Å². The molecule has 1 fully saturated rings. The number of hydrogen-bond acceptors (Lipinski definition) is 6. The molecule has 2 aliphatic heterocycles. The van der Waals surface area contributed by atoms with Crippen LogP contribution in [0.2, 0.25) is 0 Å². The number of nitrogens with zero attached hydrogens (tertiary/aromatic N) is 7. The van der Waals surface area contributed by atoms with Crippen LogP contribution in [0.4, 0.5) is 0 Å². The zero-order valence-electron chi connectivity index (χ0n) is 18.9. The average Bonchev–Trinajstić information content (AvgIpc) is 3.57. The molecule has 5 heterocycles. The Kier molecular flexibility index (Phi) is 4.98. The molecule has 3 aromatic heterocycles. The molecular formula is C24H27N7O2. The lowest BCUT2D eigenvalue weighted by Crippen LogP contribution is -2.19. The minimum Gasteiger partial charge on any atom is -0.491 e. The van der Waals surface area contributed by atoms with Gasteiger partial charge in [0.25, 0.3) is 0 Å². The predicted molar refractivity (Wildman–Crippen MR) is 123 cm³/mol. The van der Waals surface area contributed by atoms with Gasteiger partial charge >= 0.3 is 0 Å². The summed E-state index contributed by atoms with van der Waals surface area (Å²) in [5.41, 5.74) is 3.88. The molecule has 6 rings (SSSR count). The Morgan fingerprint density at radius 2 is 2.00 bits per heavy atom. The average molecular weight is 446 g/mol. The van der Waals surface area contributed by atoms with E-state index in [9.17, 15) is 0 Å². The van der Waals surface area contributed by atoms with Crippen molar-refractivity contribution in [1.82, 2.24) is 34.1 Å². The molecule has 0 saturated carbocycles. The van der Waals surface area contributed by atoms with Crippen molar-refractivity contribution < 1.29 is 9.47 Å². The van der Waals surface area contributed by atoms with Crippen molar-refractivity contribution in [3.8, 4) is 39.9 Å². The Balaban J connectivity index is 1.38. The highest BCUT2D eigenvalue weighted by Crippen LogP contribution is 2.37. The molecule has 170 valence electrons. The molecule has 33 heavy (non-hydrogen) atoms. The maximum Gasteiger partial charge on any atom is 0.178 e. The lowest BCUT2D eigenvalue weighted by atomic mass is 10.1. The number of fused-ring (bicyclic) bond motifs is 3. The molecule has 0 aliphatic carbocycles. The second kappa shape index (κ2) is 8.15. The fourth-order valence-corrected chi connectivity index (χ4v) is 4.65. The van der Waals surface area contributed by atoms with Crippen LogP contribution in [0.25, 0.3) is 34.2 Å². The Morgan fingerprint density at radius 1 is 1.06 bits per heavy atom. The largest absolute Gasteiger partial charge is 0.491 e. The predicted octanol–water partition coefficient (Wildman–Crippen LogP) is 4.34. The van der Waals surface area contributed by atoms with Crippen molar-refractivity contribution in [1.29, 1.82) is 0 Å². The Hall–Kier alpha value is -3.46. The first kappa shape index (κ1) is 20.2. The lowest BCUT2D eigenvalue weighted by Gasteiger charge is -2.24. The fourth-order valence-electron chi connectivity index (χ4n) is 4.65. The summed E-state index contributed by atoms with van der Waals surface area (Å²) in [7, 11) is 0. The summed E-state index contributed by atoms with van der Waals surface area (Å²) in [6.45, 7) is 6.25. The molecule has 9 heteroatoms. The smallest absolute Gasteiger partial charge is 0.178 e. The van der Waals surface area contributed by atoms with Crippen LogP contribution in [0.15, 0.2) is 43.0 Å². The van der Waals surface area contributed by atoms with Gasteiger partial charge in [-0.1, -0.05) is 6.07 Å². The Morgan fingerprint density at radius 3 is 2.85 bits per heavy atom. The molecule has 9 nitrogen and oxygen atoms in total. The third-order valence-corrected chi connectivity index (χ3v) is 6.27. The van der Waals surface area contributed by atoms with Gasteiger partial charge < -0.3 is 14.0 Å². The first-order valence-corrected chi connectivity index (χ1v) is 11.6. The van der Waals surface area contributed by atoms with Crippen molar-refractivity contribution in [3.63, 3.8) is 0 Å². The van der Waals surface area contributed by atoms with E-state index in [1.807, 2.05) is 27.8 Å². The molecule has 1 aromatic carbocycles.